The maximum atomic E-state index is 13.1. The molecule has 1 aliphatic heterocycles. The number of imidazole rings is 1. The minimum absolute atomic E-state index is 0.0663. The van der Waals surface area contributed by atoms with E-state index in [0.29, 0.717) is 12.2 Å². The number of carbonyl (C=O) groups excluding carboxylic acids is 1. The second-order valence-electron chi connectivity index (χ2n) is 9.58. The Balaban J connectivity index is 1.24. The number of hydrogen-bond acceptors (Lipinski definition) is 3. The summed E-state index contributed by atoms with van der Waals surface area (Å²) in [6, 6.07) is 12.8. The summed E-state index contributed by atoms with van der Waals surface area (Å²) in [7, 11) is 0. The van der Waals surface area contributed by atoms with Crippen LogP contribution >= 0.6 is 0 Å². The number of nitrogens with one attached hydrogen (secondary N) is 1. The molecule has 3 heterocycles. The number of amides is 1. The Morgan fingerprint density at radius 3 is 2.62 bits per heavy atom. The molecule has 3 aromatic rings. The predicted molar refractivity (Wildman–Crippen MR) is 129 cm³/mol. The Bertz CT molecular complexity index is 1100. The zero-order chi connectivity index (χ0) is 22.1. The molecular weight excluding hydrogens is 396 g/mol. The second-order valence-corrected chi connectivity index (χ2v) is 9.58. The fourth-order valence-electron chi connectivity index (χ4n) is 5.61. The van der Waals surface area contributed by atoms with E-state index in [9.17, 15) is 4.79 Å². The first kappa shape index (κ1) is 21.0. The van der Waals surface area contributed by atoms with Gasteiger partial charge in [0, 0.05) is 31.5 Å². The lowest BCUT2D eigenvalue weighted by Gasteiger charge is -2.42. The van der Waals surface area contributed by atoms with E-state index in [4.69, 9.17) is 0 Å². The molecule has 1 N–H and O–H groups in total. The quantitative estimate of drug-likeness (QED) is 0.609. The number of aryl methyl sites for hydroxylation is 2. The molecule has 1 amide bonds. The highest BCUT2D eigenvalue weighted by Gasteiger charge is 2.31. The summed E-state index contributed by atoms with van der Waals surface area (Å²) in [6.07, 6.45) is 9.71. The van der Waals surface area contributed by atoms with Crippen LogP contribution in [0.2, 0.25) is 0 Å². The van der Waals surface area contributed by atoms with Crippen LogP contribution in [0.3, 0.4) is 0 Å². The van der Waals surface area contributed by atoms with Gasteiger partial charge in [-0.15, -0.1) is 0 Å². The summed E-state index contributed by atoms with van der Waals surface area (Å²) in [4.78, 5) is 20.2. The van der Waals surface area contributed by atoms with Gasteiger partial charge in [-0.25, -0.2) is 4.98 Å². The molecule has 0 radical (unpaired) electrons. The summed E-state index contributed by atoms with van der Waals surface area (Å²) in [5, 5.41) is 3.11. The predicted octanol–water partition coefficient (Wildman–Crippen LogP) is 5.15. The zero-order valence-corrected chi connectivity index (χ0v) is 19.3. The Labute approximate surface area is 190 Å². The molecule has 2 atom stereocenters. The first-order chi connectivity index (χ1) is 15.6. The van der Waals surface area contributed by atoms with Crippen molar-refractivity contribution in [3.05, 3.63) is 65.1 Å². The molecule has 2 aromatic heterocycles. The van der Waals surface area contributed by atoms with Gasteiger partial charge in [0.15, 0.2) is 0 Å². The molecule has 168 valence electrons. The molecule has 32 heavy (non-hydrogen) atoms. The fraction of sp³-hybridized carbons (Fsp3) is 0.481. The van der Waals surface area contributed by atoms with E-state index in [-0.39, 0.29) is 5.91 Å². The van der Waals surface area contributed by atoms with Gasteiger partial charge < -0.3 is 10.2 Å². The average molecular weight is 431 g/mol. The molecule has 1 saturated carbocycles. The summed E-state index contributed by atoms with van der Waals surface area (Å²) < 4.78 is 1.92. The van der Waals surface area contributed by atoms with Crippen molar-refractivity contribution in [1.82, 2.24) is 14.7 Å². The van der Waals surface area contributed by atoms with E-state index in [1.54, 1.807) is 0 Å². The smallest absolute Gasteiger partial charge is 0.270 e. The summed E-state index contributed by atoms with van der Waals surface area (Å²) >= 11 is 0. The third-order valence-electron chi connectivity index (χ3n) is 7.43. The highest BCUT2D eigenvalue weighted by molar-refractivity contribution is 5.94. The normalized spacial score (nSPS) is 20.9. The molecule has 2 unspecified atom stereocenters. The average Bonchev–Trinajstić information content (AvgIpc) is 3.20. The number of pyridine rings is 1. The van der Waals surface area contributed by atoms with Crippen LogP contribution in [-0.4, -0.2) is 28.4 Å². The number of aromatic nitrogens is 2. The number of anilines is 1. The van der Waals surface area contributed by atoms with Crippen molar-refractivity contribution < 1.29 is 4.79 Å². The first-order valence-corrected chi connectivity index (χ1v) is 12.2. The SMILES string of the molecule is CCc1nc2ccc(C)cn2c1C(=O)NCc1ccc(N2CCC3CCCCC3C2)cc1. The van der Waals surface area contributed by atoms with Crippen LogP contribution in [0, 0.1) is 18.8 Å². The molecule has 5 nitrogen and oxygen atoms in total. The van der Waals surface area contributed by atoms with Crippen LogP contribution < -0.4 is 10.2 Å². The number of hydrogen-bond donors (Lipinski definition) is 1. The van der Waals surface area contributed by atoms with E-state index in [2.05, 4.69) is 39.5 Å². The highest BCUT2D eigenvalue weighted by Crippen LogP contribution is 2.37. The van der Waals surface area contributed by atoms with Crippen LogP contribution in [-0.2, 0) is 13.0 Å². The maximum Gasteiger partial charge on any atom is 0.270 e. The van der Waals surface area contributed by atoms with Crippen molar-refractivity contribution in [2.24, 2.45) is 11.8 Å². The van der Waals surface area contributed by atoms with Gasteiger partial charge >= 0.3 is 0 Å². The first-order valence-electron chi connectivity index (χ1n) is 12.2. The number of benzene rings is 1. The van der Waals surface area contributed by atoms with Crippen LogP contribution in [0.4, 0.5) is 5.69 Å². The monoisotopic (exact) mass is 430 g/mol. The van der Waals surface area contributed by atoms with Crippen LogP contribution in [0.1, 0.15) is 66.3 Å². The number of nitrogens with zero attached hydrogens (tertiary/aromatic N) is 3. The van der Waals surface area contributed by atoms with Gasteiger partial charge in [0.05, 0.1) is 5.69 Å². The number of carbonyl (C=O) groups is 1. The summed E-state index contributed by atoms with van der Waals surface area (Å²) in [6.45, 7) is 6.97. The van der Waals surface area contributed by atoms with E-state index < -0.39 is 0 Å². The van der Waals surface area contributed by atoms with Gasteiger partial charge in [-0.3, -0.25) is 9.20 Å². The molecule has 1 aliphatic carbocycles. The van der Waals surface area contributed by atoms with Crippen molar-refractivity contribution in [2.75, 3.05) is 18.0 Å². The molecule has 1 aromatic carbocycles. The largest absolute Gasteiger partial charge is 0.371 e. The number of piperidine rings is 1. The van der Waals surface area contributed by atoms with Crippen molar-refractivity contribution in [3.8, 4) is 0 Å². The molecule has 0 spiro atoms. The minimum Gasteiger partial charge on any atom is -0.371 e. The molecule has 1 saturated heterocycles. The minimum atomic E-state index is -0.0663. The maximum absolute atomic E-state index is 13.1. The van der Waals surface area contributed by atoms with Crippen molar-refractivity contribution >= 4 is 17.2 Å². The molecular formula is C27H34N4O. The lowest BCUT2D eigenvalue weighted by molar-refractivity contribution is 0.0944. The lowest BCUT2D eigenvalue weighted by Crippen LogP contribution is -2.41. The second kappa shape index (κ2) is 8.97. The van der Waals surface area contributed by atoms with Gasteiger partial charge in [-0.1, -0.05) is 44.4 Å². The molecule has 5 rings (SSSR count). The van der Waals surface area contributed by atoms with E-state index in [0.717, 1.165) is 40.7 Å². The van der Waals surface area contributed by atoms with Gasteiger partial charge in [0.2, 0.25) is 0 Å². The Kier molecular flexibility index (Phi) is 5.90. The molecule has 2 fully saturated rings. The Hall–Kier alpha value is -2.82. The molecule has 5 heteroatoms. The summed E-state index contributed by atoms with van der Waals surface area (Å²) in [5.41, 5.74) is 5.86. The van der Waals surface area contributed by atoms with Crippen LogP contribution in [0.25, 0.3) is 5.65 Å². The Morgan fingerprint density at radius 1 is 1.06 bits per heavy atom. The van der Waals surface area contributed by atoms with Crippen LogP contribution in [0.15, 0.2) is 42.6 Å². The van der Waals surface area contributed by atoms with E-state index in [1.165, 1.54) is 50.9 Å². The highest BCUT2D eigenvalue weighted by atomic mass is 16.1. The third kappa shape index (κ3) is 4.13. The van der Waals surface area contributed by atoms with Crippen LogP contribution in [0.5, 0.6) is 0 Å². The third-order valence-corrected chi connectivity index (χ3v) is 7.43. The number of rotatable bonds is 5. The Morgan fingerprint density at radius 2 is 1.84 bits per heavy atom. The fourth-order valence-corrected chi connectivity index (χ4v) is 5.61. The van der Waals surface area contributed by atoms with Gasteiger partial charge in [0.1, 0.15) is 11.3 Å². The van der Waals surface area contributed by atoms with Crippen molar-refractivity contribution in [3.63, 3.8) is 0 Å². The van der Waals surface area contributed by atoms with Gasteiger partial charge in [-0.2, -0.15) is 0 Å². The summed E-state index contributed by atoms with van der Waals surface area (Å²) in [5.74, 6) is 1.76. The van der Waals surface area contributed by atoms with E-state index in [1.807, 2.05) is 36.6 Å². The lowest BCUT2D eigenvalue weighted by atomic mass is 9.75. The van der Waals surface area contributed by atoms with Crippen molar-refractivity contribution in [1.29, 1.82) is 0 Å². The standard InChI is InChI=1S/C27H34N4O/c1-3-24-26(31-17-19(2)8-13-25(31)29-24)27(32)28-16-20-9-11-23(12-10-20)30-15-14-21-6-4-5-7-22(21)18-30/h8-13,17,21-22H,3-7,14-16,18H2,1-2H3,(H,28,32). The molecule has 0 bridgehead atoms. The van der Waals surface area contributed by atoms with Gasteiger partial charge in [-0.05, 0) is 67.3 Å². The van der Waals surface area contributed by atoms with Crippen molar-refractivity contribution in [2.45, 2.75) is 58.9 Å². The van der Waals surface area contributed by atoms with E-state index >= 15 is 0 Å². The zero-order valence-electron chi connectivity index (χ0n) is 19.3. The molecule has 2 aliphatic rings. The topological polar surface area (TPSA) is 49.6 Å². The van der Waals surface area contributed by atoms with Gasteiger partial charge in [0.25, 0.3) is 5.91 Å². The number of fused-ring (bicyclic) bond motifs is 2.